The summed E-state index contributed by atoms with van der Waals surface area (Å²) in [6, 6.07) is 4.82. The maximum atomic E-state index is 13.5. The van der Waals surface area contributed by atoms with Crippen LogP contribution in [0.15, 0.2) is 18.2 Å². The van der Waals surface area contributed by atoms with Crippen molar-refractivity contribution in [1.82, 2.24) is 0 Å². The van der Waals surface area contributed by atoms with Crippen molar-refractivity contribution in [3.8, 4) is 5.75 Å². The van der Waals surface area contributed by atoms with Gasteiger partial charge >= 0.3 is 0 Å². The molecule has 0 amide bonds. The molecule has 2 rings (SSSR count). The Morgan fingerprint density at radius 2 is 2.24 bits per heavy atom. The van der Waals surface area contributed by atoms with Crippen molar-refractivity contribution in [3.05, 3.63) is 29.6 Å². The summed E-state index contributed by atoms with van der Waals surface area (Å²) in [6.07, 6.45) is 0.588. The zero-order valence-electron chi connectivity index (χ0n) is 9.91. The summed E-state index contributed by atoms with van der Waals surface area (Å²) in [6.45, 7) is 3.28. The van der Waals surface area contributed by atoms with Crippen LogP contribution in [0.5, 0.6) is 5.75 Å². The van der Waals surface area contributed by atoms with Gasteiger partial charge in [-0.2, -0.15) is 0 Å². The van der Waals surface area contributed by atoms with Crippen LogP contribution in [0, 0.1) is 11.2 Å². The summed E-state index contributed by atoms with van der Waals surface area (Å²) in [5, 5.41) is 9.26. The van der Waals surface area contributed by atoms with Crippen molar-refractivity contribution in [3.63, 3.8) is 0 Å². The van der Waals surface area contributed by atoms with Crippen LogP contribution in [0.4, 0.5) is 4.39 Å². The van der Waals surface area contributed by atoms with Crippen LogP contribution in [-0.2, 0) is 11.2 Å². The van der Waals surface area contributed by atoms with Gasteiger partial charge in [-0.25, -0.2) is 4.39 Å². The van der Waals surface area contributed by atoms with Gasteiger partial charge in [0.15, 0.2) is 0 Å². The molecule has 4 heteroatoms. The molecule has 0 spiro atoms. The van der Waals surface area contributed by atoms with Crippen molar-refractivity contribution >= 4 is 0 Å². The molecule has 1 aromatic carbocycles. The first-order chi connectivity index (χ1) is 8.21. The third-order valence-corrected chi connectivity index (χ3v) is 3.12. The van der Waals surface area contributed by atoms with Crippen LogP contribution in [0.25, 0.3) is 0 Å². The van der Waals surface area contributed by atoms with E-state index in [1.54, 1.807) is 12.1 Å². The molecule has 1 saturated heterocycles. The molecule has 0 bridgehead atoms. The first kappa shape index (κ1) is 12.3. The largest absolute Gasteiger partial charge is 0.492 e. The Kier molecular flexibility index (Phi) is 3.64. The second-order valence-electron chi connectivity index (χ2n) is 4.51. The van der Waals surface area contributed by atoms with Crippen LogP contribution in [0.3, 0.4) is 0 Å². The summed E-state index contributed by atoms with van der Waals surface area (Å²) in [7, 11) is 0. The first-order valence-corrected chi connectivity index (χ1v) is 5.79. The minimum atomic E-state index is -0.308. The average molecular weight is 240 g/mol. The van der Waals surface area contributed by atoms with Gasteiger partial charge in [0.2, 0.25) is 0 Å². The van der Waals surface area contributed by atoms with Gasteiger partial charge in [0, 0.05) is 5.56 Å². The number of hydrogen-bond donors (Lipinski definition) is 1. The second-order valence-corrected chi connectivity index (χ2v) is 4.51. The minimum Gasteiger partial charge on any atom is -0.492 e. The Morgan fingerprint density at radius 3 is 2.76 bits per heavy atom. The molecule has 0 atom stereocenters. The van der Waals surface area contributed by atoms with Crippen molar-refractivity contribution < 1.29 is 19.0 Å². The number of benzene rings is 1. The summed E-state index contributed by atoms with van der Waals surface area (Å²) in [5.74, 6) is 0.320. The molecule has 1 fully saturated rings. The zero-order chi connectivity index (χ0) is 12.3. The molecule has 0 unspecified atom stereocenters. The molecule has 1 aliphatic rings. The SMILES string of the molecule is CCc1c(F)cccc1OCC1(CO)COC1. The normalized spacial score (nSPS) is 17.6. The monoisotopic (exact) mass is 240 g/mol. The molecule has 94 valence electrons. The molecule has 17 heavy (non-hydrogen) atoms. The first-order valence-electron chi connectivity index (χ1n) is 5.79. The third kappa shape index (κ3) is 2.42. The minimum absolute atomic E-state index is 0.0315. The van der Waals surface area contributed by atoms with Crippen molar-refractivity contribution in [2.45, 2.75) is 13.3 Å². The fraction of sp³-hybridized carbons (Fsp3) is 0.538. The molecular formula is C13H17FO3. The van der Waals surface area contributed by atoms with E-state index in [4.69, 9.17) is 9.47 Å². The number of rotatable bonds is 5. The average Bonchev–Trinajstić information content (AvgIpc) is 2.28. The molecule has 1 aliphatic heterocycles. The van der Waals surface area contributed by atoms with Crippen LogP contribution in [0.2, 0.25) is 0 Å². The van der Waals surface area contributed by atoms with Crippen LogP contribution >= 0.6 is 0 Å². The van der Waals surface area contributed by atoms with E-state index in [1.165, 1.54) is 6.07 Å². The summed E-state index contributed by atoms with van der Waals surface area (Å²) in [5.41, 5.74) is 0.276. The Labute approximate surface area is 100 Å². The summed E-state index contributed by atoms with van der Waals surface area (Å²) >= 11 is 0. The maximum Gasteiger partial charge on any atom is 0.130 e. The smallest absolute Gasteiger partial charge is 0.130 e. The summed E-state index contributed by atoms with van der Waals surface area (Å²) in [4.78, 5) is 0. The van der Waals surface area contributed by atoms with Crippen LogP contribution in [-0.4, -0.2) is 31.5 Å². The Balaban J connectivity index is 2.06. The van der Waals surface area contributed by atoms with Crippen molar-refractivity contribution in [1.29, 1.82) is 0 Å². The molecule has 1 aromatic rings. The third-order valence-electron chi connectivity index (χ3n) is 3.12. The van der Waals surface area contributed by atoms with Crippen molar-refractivity contribution in [2.24, 2.45) is 5.41 Å². The van der Waals surface area contributed by atoms with Crippen LogP contribution in [0.1, 0.15) is 12.5 Å². The van der Waals surface area contributed by atoms with Gasteiger partial charge in [-0.3, -0.25) is 0 Å². The second kappa shape index (κ2) is 5.02. The van der Waals surface area contributed by atoms with E-state index in [2.05, 4.69) is 0 Å². The Morgan fingerprint density at radius 1 is 1.47 bits per heavy atom. The van der Waals surface area contributed by atoms with Crippen LogP contribution < -0.4 is 4.74 Å². The highest BCUT2D eigenvalue weighted by atomic mass is 19.1. The highest BCUT2D eigenvalue weighted by molar-refractivity contribution is 5.34. The van der Waals surface area contributed by atoms with E-state index in [1.807, 2.05) is 6.92 Å². The molecule has 0 saturated carbocycles. The molecule has 3 nitrogen and oxygen atoms in total. The van der Waals surface area contributed by atoms with Gasteiger partial charge in [-0.1, -0.05) is 13.0 Å². The van der Waals surface area contributed by atoms with E-state index >= 15 is 0 Å². The van der Waals surface area contributed by atoms with Gasteiger partial charge in [-0.15, -0.1) is 0 Å². The number of hydrogen-bond acceptors (Lipinski definition) is 3. The molecule has 0 aromatic heterocycles. The van der Waals surface area contributed by atoms with Gasteiger partial charge in [-0.05, 0) is 18.6 Å². The Bertz CT molecular complexity index is 383. The lowest BCUT2D eigenvalue weighted by Crippen LogP contribution is -2.50. The standard InChI is InChI=1S/C13H17FO3/c1-2-10-11(14)4-3-5-12(10)17-9-13(6-15)7-16-8-13/h3-5,15H,2,6-9H2,1H3. The fourth-order valence-electron chi connectivity index (χ4n) is 1.86. The molecule has 0 radical (unpaired) electrons. The lowest BCUT2D eigenvalue weighted by atomic mass is 9.88. The lowest BCUT2D eigenvalue weighted by molar-refractivity contribution is -0.153. The van der Waals surface area contributed by atoms with Gasteiger partial charge in [0.1, 0.15) is 18.2 Å². The predicted molar refractivity (Wildman–Crippen MR) is 61.6 cm³/mol. The maximum absolute atomic E-state index is 13.5. The lowest BCUT2D eigenvalue weighted by Gasteiger charge is -2.39. The number of ether oxygens (including phenoxy) is 2. The van der Waals surface area contributed by atoms with E-state index in [-0.39, 0.29) is 17.8 Å². The molecule has 1 N–H and O–H groups in total. The highest BCUT2D eigenvalue weighted by Crippen LogP contribution is 2.29. The fourth-order valence-corrected chi connectivity index (χ4v) is 1.86. The molecule has 0 aliphatic carbocycles. The molecule has 1 heterocycles. The van der Waals surface area contributed by atoms with E-state index in [9.17, 15) is 9.50 Å². The quantitative estimate of drug-likeness (QED) is 0.852. The predicted octanol–water partition coefficient (Wildman–Crippen LogP) is 1.78. The van der Waals surface area contributed by atoms with Gasteiger partial charge in [0.05, 0.1) is 25.2 Å². The van der Waals surface area contributed by atoms with E-state index < -0.39 is 0 Å². The summed E-state index contributed by atoms with van der Waals surface area (Å²) < 4.78 is 24.2. The van der Waals surface area contributed by atoms with E-state index in [0.717, 1.165) is 0 Å². The zero-order valence-corrected chi connectivity index (χ0v) is 9.91. The topological polar surface area (TPSA) is 38.7 Å². The van der Waals surface area contributed by atoms with E-state index in [0.29, 0.717) is 37.6 Å². The van der Waals surface area contributed by atoms with Crippen molar-refractivity contribution in [2.75, 3.05) is 26.4 Å². The number of halogens is 1. The highest BCUT2D eigenvalue weighted by Gasteiger charge is 2.39. The Hall–Kier alpha value is -1.13. The number of aliphatic hydroxyl groups excluding tert-OH is 1. The van der Waals surface area contributed by atoms with Gasteiger partial charge in [0.25, 0.3) is 0 Å². The van der Waals surface area contributed by atoms with Gasteiger partial charge < -0.3 is 14.6 Å². The molecular weight excluding hydrogens is 223 g/mol. The number of aliphatic hydroxyl groups is 1.